The third-order valence-corrected chi connectivity index (χ3v) is 7.18. The molecule has 2 atom stereocenters. The Bertz CT molecular complexity index is 1410. The summed E-state index contributed by atoms with van der Waals surface area (Å²) in [5.41, 5.74) is 8.52. The molecule has 1 aliphatic heterocycles. The van der Waals surface area contributed by atoms with Crippen molar-refractivity contribution in [3.8, 4) is 17.6 Å². The maximum Gasteiger partial charge on any atom is 0.144 e. The Balaban J connectivity index is 1.32. The number of hydrogen-bond donors (Lipinski definition) is 1. The molecule has 2 aromatic carbocycles. The van der Waals surface area contributed by atoms with Crippen LogP contribution in [0, 0.1) is 17.7 Å². The number of ether oxygens (including phenoxy) is 1. The van der Waals surface area contributed by atoms with E-state index in [0.717, 1.165) is 45.7 Å². The molecule has 0 radical (unpaired) electrons. The number of anilines is 2. The van der Waals surface area contributed by atoms with Gasteiger partial charge in [0.2, 0.25) is 0 Å². The van der Waals surface area contributed by atoms with Crippen molar-refractivity contribution in [3.05, 3.63) is 76.1 Å². The van der Waals surface area contributed by atoms with Gasteiger partial charge in [-0.05, 0) is 61.7 Å². The second-order valence-electron chi connectivity index (χ2n) is 8.13. The zero-order chi connectivity index (χ0) is 23.7. The third kappa shape index (κ3) is 4.65. The van der Waals surface area contributed by atoms with Gasteiger partial charge in [-0.3, -0.25) is 0 Å². The summed E-state index contributed by atoms with van der Waals surface area (Å²) in [5.74, 6) is 7.45. The summed E-state index contributed by atoms with van der Waals surface area (Å²) < 4.78 is 20.4. The number of fused-ring (bicyclic) bond motifs is 1. The molecule has 34 heavy (non-hydrogen) atoms. The van der Waals surface area contributed by atoms with Gasteiger partial charge >= 0.3 is 0 Å². The number of rotatable bonds is 4. The van der Waals surface area contributed by atoms with Crippen LogP contribution in [0.25, 0.3) is 10.2 Å². The van der Waals surface area contributed by atoms with Gasteiger partial charge < -0.3 is 15.4 Å². The lowest BCUT2D eigenvalue weighted by atomic mass is 10.1. The van der Waals surface area contributed by atoms with Gasteiger partial charge in [0.25, 0.3) is 0 Å². The van der Waals surface area contributed by atoms with Gasteiger partial charge in [0.1, 0.15) is 29.8 Å². The standard InChI is InChI=1S/C26H22ClFN4OS/c1-16(17-4-2-5-18(28)12-17)33-24-10-8-20(13-22(24)27)32-11-3-6-19(32)7-9-21-14-23-25(34-21)26(29)31-15-30-23/h2,4-5,8,10,12-16,19H,3,6,11H2,1H3,(H2,29,30,31)/t16-,19+/m0/s1. The number of nitrogens with two attached hydrogens (primary N) is 1. The summed E-state index contributed by atoms with van der Waals surface area (Å²) in [4.78, 5) is 11.5. The zero-order valence-corrected chi connectivity index (χ0v) is 20.0. The molecule has 0 saturated carbocycles. The Morgan fingerprint density at radius 3 is 2.91 bits per heavy atom. The van der Waals surface area contributed by atoms with Crippen LogP contribution in [0.3, 0.4) is 0 Å². The predicted octanol–water partition coefficient (Wildman–Crippen LogP) is 6.23. The lowest BCUT2D eigenvalue weighted by Crippen LogP contribution is -2.27. The average molecular weight is 493 g/mol. The fourth-order valence-corrected chi connectivity index (χ4v) is 5.19. The summed E-state index contributed by atoms with van der Waals surface area (Å²) in [6.07, 6.45) is 3.17. The molecular formula is C26H22ClFN4OS. The number of halogens is 2. The number of thiophene rings is 1. The van der Waals surface area contributed by atoms with Gasteiger partial charge in [-0.15, -0.1) is 11.3 Å². The fourth-order valence-electron chi connectivity index (χ4n) is 4.10. The van der Waals surface area contributed by atoms with Crippen molar-refractivity contribution in [1.82, 2.24) is 9.97 Å². The van der Waals surface area contributed by atoms with Crippen LogP contribution in [0.15, 0.2) is 54.9 Å². The molecular weight excluding hydrogens is 471 g/mol. The molecule has 1 fully saturated rings. The van der Waals surface area contributed by atoms with Crippen LogP contribution in [-0.4, -0.2) is 22.6 Å². The van der Waals surface area contributed by atoms with E-state index in [1.807, 2.05) is 37.3 Å². The molecule has 2 N–H and O–H groups in total. The quantitative estimate of drug-likeness (QED) is 0.342. The summed E-state index contributed by atoms with van der Waals surface area (Å²) >= 11 is 8.08. The molecule has 0 spiro atoms. The summed E-state index contributed by atoms with van der Waals surface area (Å²) in [6, 6.07) is 14.2. The highest BCUT2D eigenvalue weighted by Gasteiger charge is 2.24. The fraction of sp³-hybridized carbons (Fsp3) is 0.231. The minimum Gasteiger partial charge on any atom is -0.484 e. The van der Waals surface area contributed by atoms with Crippen molar-refractivity contribution < 1.29 is 9.13 Å². The van der Waals surface area contributed by atoms with Crippen LogP contribution in [0.2, 0.25) is 5.02 Å². The zero-order valence-electron chi connectivity index (χ0n) is 18.5. The second kappa shape index (κ2) is 9.49. The van der Waals surface area contributed by atoms with Crippen LogP contribution < -0.4 is 15.4 Å². The maximum atomic E-state index is 13.5. The summed E-state index contributed by atoms with van der Waals surface area (Å²) in [6.45, 7) is 2.78. The van der Waals surface area contributed by atoms with E-state index in [9.17, 15) is 4.39 Å². The van der Waals surface area contributed by atoms with Crippen molar-refractivity contribution in [2.24, 2.45) is 0 Å². The summed E-state index contributed by atoms with van der Waals surface area (Å²) in [7, 11) is 0. The lowest BCUT2D eigenvalue weighted by Gasteiger charge is -2.24. The maximum absolute atomic E-state index is 13.5. The van der Waals surface area contributed by atoms with Crippen molar-refractivity contribution in [3.63, 3.8) is 0 Å². The van der Waals surface area contributed by atoms with Crippen LogP contribution in [0.4, 0.5) is 15.9 Å². The minimum absolute atomic E-state index is 0.0858. The number of nitrogen functional groups attached to an aromatic ring is 1. The van der Waals surface area contributed by atoms with E-state index in [1.165, 1.54) is 29.8 Å². The van der Waals surface area contributed by atoms with E-state index in [0.29, 0.717) is 16.6 Å². The largest absolute Gasteiger partial charge is 0.484 e. The smallest absolute Gasteiger partial charge is 0.144 e. The number of aromatic nitrogens is 2. The average Bonchev–Trinajstić information content (AvgIpc) is 3.46. The van der Waals surface area contributed by atoms with Gasteiger partial charge in [0.05, 0.1) is 26.2 Å². The molecule has 0 unspecified atom stereocenters. The highest BCUT2D eigenvalue weighted by atomic mass is 35.5. The minimum atomic E-state index is -0.329. The lowest BCUT2D eigenvalue weighted by molar-refractivity contribution is 0.226. The molecule has 1 aliphatic rings. The Kier molecular flexibility index (Phi) is 6.27. The highest BCUT2D eigenvalue weighted by Crippen LogP contribution is 2.35. The van der Waals surface area contributed by atoms with Crippen molar-refractivity contribution in [1.29, 1.82) is 0 Å². The molecule has 2 aromatic heterocycles. The van der Waals surface area contributed by atoms with Gasteiger partial charge in [0, 0.05) is 12.2 Å². The van der Waals surface area contributed by atoms with Gasteiger partial charge in [0.15, 0.2) is 0 Å². The normalized spacial score (nSPS) is 16.3. The first-order chi connectivity index (χ1) is 16.5. The van der Waals surface area contributed by atoms with Crippen molar-refractivity contribution in [2.45, 2.75) is 31.9 Å². The van der Waals surface area contributed by atoms with E-state index in [-0.39, 0.29) is 18.0 Å². The van der Waals surface area contributed by atoms with E-state index in [4.69, 9.17) is 22.1 Å². The first-order valence-corrected chi connectivity index (χ1v) is 12.2. The molecule has 0 amide bonds. The number of benzene rings is 2. The molecule has 0 bridgehead atoms. The Hall–Kier alpha value is -3.34. The van der Waals surface area contributed by atoms with Crippen LogP contribution in [0.5, 0.6) is 5.75 Å². The number of hydrogen-bond acceptors (Lipinski definition) is 6. The third-order valence-electron chi connectivity index (χ3n) is 5.82. The monoisotopic (exact) mass is 492 g/mol. The van der Waals surface area contributed by atoms with Crippen LogP contribution >= 0.6 is 22.9 Å². The molecule has 1 saturated heterocycles. The topological polar surface area (TPSA) is 64.3 Å². The highest BCUT2D eigenvalue weighted by molar-refractivity contribution is 7.20. The molecule has 5 nitrogen and oxygen atoms in total. The first kappa shape index (κ1) is 22.5. The Labute approximate surface area is 206 Å². The van der Waals surface area contributed by atoms with Crippen LogP contribution in [0.1, 0.15) is 36.3 Å². The molecule has 8 heteroatoms. The van der Waals surface area contributed by atoms with Crippen molar-refractivity contribution in [2.75, 3.05) is 17.2 Å². The van der Waals surface area contributed by atoms with Crippen molar-refractivity contribution >= 4 is 44.7 Å². The van der Waals surface area contributed by atoms with E-state index in [2.05, 4.69) is 26.7 Å². The molecule has 4 aromatic rings. The predicted molar refractivity (Wildman–Crippen MR) is 136 cm³/mol. The van der Waals surface area contributed by atoms with Gasteiger partial charge in [-0.1, -0.05) is 35.6 Å². The number of nitrogens with zero attached hydrogens (tertiary/aromatic N) is 3. The van der Waals surface area contributed by atoms with E-state index < -0.39 is 0 Å². The SMILES string of the molecule is C[C@H](Oc1ccc(N2CCC[C@@H]2C#Cc2cc3ncnc(N)c3s2)cc1Cl)c1cccc(F)c1. The van der Waals surface area contributed by atoms with Gasteiger partial charge in [-0.2, -0.15) is 0 Å². The van der Waals surface area contributed by atoms with E-state index >= 15 is 0 Å². The Morgan fingerprint density at radius 1 is 1.24 bits per heavy atom. The van der Waals surface area contributed by atoms with Gasteiger partial charge in [-0.25, -0.2) is 14.4 Å². The van der Waals surface area contributed by atoms with E-state index in [1.54, 1.807) is 6.07 Å². The molecule has 172 valence electrons. The molecule has 5 rings (SSSR count). The molecule has 0 aliphatic carbocycles. The molecule has 3 heterocycles. The van der Waals surface area contributed by atoms with Crippen LogP contribution in [-0.2, 0) is 0 Å². The first-order valence-electron chi connectivity index (χ1n) is 11.0. The Morgan fingerprint density at radius 2 is 2.12 bits per heavy atom. The summed E-state index contributed by atoms with van der Waals surface area (Å²) in [5, 5.41) is 0.512. The second-order valence-corrected chi connectivity index (χ2v) is 9.59.